The van der Waals surface area contributed by atoms with E-state index in [0.29, 0.717) is 4.90 Å². The lowest BCUT2D eigenvalue weighted by Crippen LogP contribution is -2.43. The SMILES string of the molecule is CC(C)(C)S(=O)(=O)c1cccc(N2CCNCC2)c1. The molecule has 0 bridgehead atoms. The lowest BCUT2D eigenvalue weighted by Gasteiger charge is -2.30. The zero-order chi connectivity index (χ0) is 14.1. The van der Waals surface area contributed by atoms with Crippen molar-refractivity contribution in [1.29, 1.82) is 0 Å². The van der Waals surface area contributed by atoms with E-state index < -0.39 is 14.6 Å². The Morgan fingerprint density at radius 3 is 2.37 bits per heavy atom. The monoisotopic (exact) mass is 282 g/mol. The summed E-state index contributed by atoms with van der Waals surface area (Å²) in [6.07, 6.45) is 0. The van der Waals surface area contributed by atoms with Crippen molar-refractivity contribution >= 4 is 15.5 Å². The van der Waals surface area contributed by atoms with Gasteiger partial charge in [-0.05, 0) is 39.0 Å². The normalized spacial score (nSPS) is 17.5. The van der Waals surface area contributed by atoms with Crippen LogP contribution in [0, 0.1) is 0 Å². The molecule has 1 aliphatic rings. The van der Waals surface area contributed by atoms with Crippen molar-refractivity contribution < 1.29 is 8.42 Å². The van der Waals surface area contributed by atoms with Crippen LogP contribution in [0.15, 0.2) is 29.2 Å². The molecular weight excluding hydrogens is 260 g/mol. The summed E-state index contributed by atoms with van der Waals surface area (Å²) < 4.78 is 24.1. The van der Waals surface area contributed by atoms with E-state index in [1.807, 2.05) is 12.1 Å². The summed E-state index contributed by atoms with van der Waals surface area (Å²) in [5.74, 6) is 0. The van der Waals surface area contributed by atoms with E-state index in [9.17, 15) is 8.42 Å². The number of piperazine rings is 1. The topological polar surface area (TPSA) is 49.4 Å². The molecule has 1 N–H and O–H groups in total. The van der Waals surface area contributed by atoms with Gasteiger partial charge in [0.05, 0.1) is 9.64 Å². The molecule has 5 heteroatoms. The molecule has 0 radical (unpaired) electrons. The van der Waals surface area contributed by atoms with Gasteiger partial charge in [-0.25, -0.2) is 8.42 Å². The summed E-state index contributed by atoms with van der Waals surface area (Å²) >= 11 is 0. The van der Waals surface area contributed by atoms with Crippen LogP contribution in [0.2, 0.25) is 0 Å². The highest BCUT2D eigenvalue weighted by atomic mass is 32.2. The number of nitrogens with one attached hydrogen (secondary N) is 1. The van der Waals surface area contributed by atoms with E-state index in [4.69, 9.17) is 0 Å². The third-order valence-electron chi connectivity index (χ3n) is 3.42. The van der Waals surface area contributed by atoms with Crippen LogP contribution in [0.5, 0.6) is 0 Å². The first kappa shape index (κ1) is 14.3. The fraction of sp³-hybridized carbons (Fsp3) is 0.571. The van der Waals surface area contributed by atoms with E-state index in [1.54, 1.807) is 32.9 Å². The van der Waals surface area contributed by atoms with E-state index in [0.717, 1.165) is 31.9 Å². The summed E-state index contributed by atoms with van der Waals surface area (Å²) in [4.78, 5) is 2.63. The van der Waals surface area contributed by atoms with Crippen LogP contribution in [-0.2, 0) is 9.84 Å². The Labute approximate surface area is 115 Å². The van der Waals surface area contributed by atoms with Crippen LogP contribution < -0.4 is 10.2 Å². The molecule has 1 fully saturated rings. The van der Waals surface area contributed by atoms with Crippen LogP contribution in [0.1, 0.15) is 20.8 Å². The molecule has 0 amide bonds. The van der Waals surface area contributed by atoms with Gasteiger partial charge in [0.1, 0.15) is 0 Å². The summed E-state index contributed by atoms with van der Waals surface area (Å²) in [5, 5.41) is 3.29. The maximum atomic E-state index is 12.5. The molecule has 0 unspecified atom stereocenters. The fourth-order valence-electron chi connectivity index (χ4n) is 2.12. The Bertz CT molecular complexity index is 541. The highest BCUT2D eigenvalue weighted by Crippen LogP contribution is 2.27. The summed E-state index contributed by atoms with van der Waals surface area (Å²) in [5.41, 5.74) is 0.992. The number of rotatable bonds is 2. The average molecular weight is 282 g/mol. The molecule has 19 heavy (non-hydrogen) atoms. The van der Waals surface area contributed by atoms with Crippen LogP contribution >= 0.6 is 0 Å². The number of benzene rings is 1. The molecule has 1 aromatic rings. The Morgan fingerprint density at radius 1 is 1.16 bits per heavy atom. The second-order valence-corrected chi connectivity index (χ2v) is 8.55. The molecule has 1 aliphatic heterocycles. The zero-order valence-electron chi connectivity index (χ0n) is 11.8. The molecular formula is C14H22N2O2S. The van der Waals surface area contributed by atoms with Crippen molar-refractivity contribution in [2.45, 2.75) is 30.4 Å². The van der Waals surface area contributed by atoms with Gasteiger partial charge in [0, 0.05) is 31.9 Å². The van der Waals surface area contributed by atoms with Crippen LogP contribution in [0.3, 0.4) is 0 Å². The molecule has 2 rings (SSSR count). The maximum absolute atomic E-state index is 12.5. The maximum Gasteiger partial charge on any atom is 0.183 e. The number of sulfone groups is 1. The highest BCUT2D eigenvalue weighted by molar-refractivity contribution is 7.92. The standard InChI is InChI=1S/C14H22N2O2S/c1-14(2,3)19(17,18)13-6-4-5-12(11-13)16-9-7-15-8-10-16/h4-6,11,15H,7-10H2,1-3H3. The van der Waals surface area contributed by atoms with E-state index >= 15 is 0 Å². The molecule has 0 atom stereocenters. The van der Waals surface area contributed by atoms with Crippen molar-refractivity contribution in [3.63, 3.8) is 0 Å². The molecule has 0 aliphatic carbocycles. The molecule has 106 valence electrons. The first-order valence-corrected chi connectivity index (χ1v) is 8.11. The van der Waals surface area contributed by atoms with Gasteiger partial charge in [0.2, 0.25) is 0 Å². The first-order chi connectivity index (χ1) is 8.82. The zero-order valence-corrected chi connectivity index (χ0v) is 12.6. The molecule has 1 heterocycles. The minimum Gasteiger partial charge on any atom is -0.369 e. The van der Waals surface area contributed by atoms with Crippen molar-refractivity contribution in [3.05, 3.63) is 24.3 Å². The first-order valence-electron chi connectivity index (χ1n) is 6.63. The quantitative estimate of drug-likeness (QED) is 0.896. The summed E-state index contributed by atoms with van der Waals surface area (Å²) in [6.45, 7) is 8.92. The number of nitrogens with zero attached hydrogens (tertiary/aromatic N) is 1. The smallest absolute Gasteiger partial charge is 0.183 e. The van der Waals surface area contributed by atoms with Crippen LogP contribution in [0.25, 0.3) is 0 Å². The van der Waals surface area contributed by atoms with Crippen molar-refractivity contribution in [1.82, 2.24) is 5.32 Å². The van der Waals surface area contributed by atoms with Gasteiger partial charge in [-0.15, -0.1) is 0 Å². The molecule has 0 spiro atoms. The predicted molar refractivity (Wildman–Crippen MR) is 78.5 cm³/mol. The van der Waals surface area contributed by atoms with Gasteiger partial charge in [-0.2, -0.15) is 0 Å². The largest absolute Gasteiger partial charge is 0.369 e. The number of anilines is 1. The van der Waals surface area contributed by atoms with Crippen molar-refractivity contribution in [2.75, 3.05) is 31.1 Å². The Balaban J connectivity index is 2.34. The molecule has 4 nitrogen and oxygen atoms in total. The van der Waals surface area contributed by atoms with Gasteiger partial charge in [0.25, 0.3) is 0 Å². The highest BCUT2D eigenvalue weighted by Gasteiger charge is 2.31. The van der Waals surface area contributed by atoms with E-state index in [-0.39, 0.29) is 0 Å². The predicted octanol–water partition coefficient (Wildman–Crippen LogP) is 1.67. The minimum absolute atomic E-state index is 0.413. The summed E-state index contributed by atoms with van der Waals surface area (Å²) in [7, 11) is -3.28. The van der Waals surface area contributed by atoms with Gasteiger partial charge in [-0.3, -0.25) is 0 Å². The van der Waals surface area contributed by atoms with E-state index in [1.165, 1.54) is 0 Å². The minimum atomic E-state index is -3.28. The lowest BCUT2D eigenvalue weighted by molar-refractivity contribution is 0.560. The lowest BCUT2D eigenvalue weighted by atomic mass is 10.2. The Hall–Kier alpha value is -1.07. The van der Waals surface area contributed by atoms with Gasteiger partial charge in [-0.1, -0.05) is 6.07 Å². The van der Waals surface area contributed by atoms with Crippen LogP contribution in [0.4, 0.5) is 5.69 Å². The molecule has 0 aromatic heterocycles. The Kier molecular flexibility index (Phi) is 3.87. The second kappa shape index (κ2) is 5.13. The number of hydrogen-bond acceptors (Lipinski definition) is 4. The van der Waals surface area contributed by atoms with Gasteiger partial charge in [0.15, 0.2) is 9.84 Å². The molecule has 0 saturated carbocycles. The van der Waals surface area contributed by atoms with E-state index in [2.05, 4.69) is 10.2 Å². The third kappa shape index (κ3) is 2.92. The fourth-order valence-corrected chi connectivity index (χ4v) is 3.36. The average Bonchev–Trinajstić information content (AvgIpc) is 2.39. The summed E-state index contributed by atoms with van der Waals surface area (Å²) in [6, 6.07) is 7.29. The van der Waals surface area contributed by atoms with Gasteiger partial charge >= 0.3 is 0 Å². The van der Waals surface area contributed by atoms with Crippen molar-refractivity contribution in [3.8, 4) is 0 Å². The van der Waals surface area contributed by atoms with Crippen molar-refractivity contribution in [2.24, 2.45) is 0 Å². The Morgan fingerprint density at radius 2 is 1.79 bits per heavy atom. The second-order valence-electron chi connectivity index (χ2n) is 5.85. The van der Waals surface area contributed by atoms with Crippen LogP contribution in [-0.4, -0.2) is 39.3 Å². The van der Waals surface area contributed by atoms with Gasteiger partial charge < -0.3 is 10.2 Å². The molecule has 1 aromatic carbocycles. The third-order valence-corrected chi connectivity index (χ3v) is 5.90. The number of hydrogen-bond donors (Lipinski definition) is 1. The molecule has 1 saturated heterocycles.